The molecule has 1 aliphatic rings. The number of methoxy groups -OCH3 is 2. The number of allylic oxidation sites excluding steroid dienone is 1. The third-order valence-electron chi connectivity index (χ3n) is 5.59. The second-order valence-corrected chi connectivity index (χ2v) is 8.05. The first-order chi connectivity index (χ1) is 15.5. The van der Waals surface area contributed by atoms with Crippen molar-refractivity contribution in [3.8, 4) is 11.5 Å². The topological polar surface area (TPSA) is 85.9 Å². The highest BCUT2D eigenvalue weighted by molar-refractivity contribution is 5.95. The van der Waals surface area contributed by atoms with Gasteiger partial charge in [0, 0.05) is 5.70 Å². The molecule has 1 heterocycles. The van der Waals surface area contributed by atoms with Gasteiger partial charge in [-0.1, -0.05) is 64.9 Å². The number of carbonyl (C=O) groups excluding carboxylic acids is 2. The van der Waals surface area contributed by atoms with Crippen molar-refractivity contribution in [2.45, 2.75) is 77.7 Å². The molecule has 32 heavy (non-hydrogen) atoms. The SMILES string of the molecule is CCCCCCCCCOc1ccc(C2NC(=O)NC(CCC)=C2C(=O)OC)cc1OC. The van der Waals surface area contributed by atoms with Crippen LogP contribution in [0.25, 0.3) is 0 Å². The Hall–Kier alpha value is -2.70. The first kappa shape index (κ1) is 25.6. The number of esters is 1. The van der Waals surface area contributed by atoms with Gasteiger partial charge in [-0.2, -0.15) is 0 Å². The zero-order chi connectivity index (χ0) is 23.3. The summed E-state index contributed by atoms with van der Waals surface area (Å²) >= 11 is 0. The minimum absolute atomic E-state index is 0.343. The molecule has 0 aliphatic carbocycles. The molecule has 2 amide bonds. The van der Waals surface area contributed by atoms with Crippen molar-refractivity contribution in [1.29, 1.82) is 0 Å². The van der Waals surface area contributed by atoms with E-state index >= 15 is 0 Å². The summed E-state index contributed by atoms with van der Waals surface area (Å²) in [6.07, 6.45) is 9.91. The minimum atomic E-state index is -0.621. The highest BCUT2D eigenvalue weighted by atomic mass is 16.5. The van der Waals surface area contributed by atoms with Crippen LogP contribution in [0.5, 0.6) is 11.5 Å². The van der Waals surface area contributed by atoms with Crippen LogP contribution in [0.2, 0.25) is 0 Å². The van der Waals surface area contributed by atoms with E-state index in [1.54, 1.807) is 7.11 Å². The molecule has 2 rings (SSSR count). The minimum Gasteiger partial charge on any atom is -0.493 e. The Morgan fingerprint density at radius 3 is 2.34 bits per heavy atom. The van der Waals surface area contributed by atoms with Crippen molar-refractivity contribution in [2.24, 2.45) is 0 Å². The molecular formula is C25H38N2O5. The average molecular weight is 447 g/mol. The van der Waals surface area contributed by atoms with Crippen LogP contribution < -0.4 is 20.1 Å². The number of benzene rings is 1. The number of carbonyl (C=O) groups is 2. The molecular weight excluding hydrogens is 408 g/mol. The quantitative estimate of drug-likeness (QED) is 0.295. The van der Waals surface area contributed by atoms with Crippen LogP contribution in [0.1, 0.15) is 83.2 Å². The molecule has 0 fully saturated rings. The van der Waals surface area contributed by atoms with Crippen molar-refractivity contribution in [2.75, 3.05) is 20.8 Å². The summed E-state index contributed by atoms with van der Waals surface area (Å²) in [5.41, 5.74) is 1.73. The normalized spacial score (nSPS) is 15.8. The van der Waals surface area contributed by atoms with Gasteiger partial charge in [0.2, 0.25) is 0 Å². The largest absolute Gasteiger partial charge is 0.493 e. The fourth-order valence-electron chi connectivity index (χ4n) is 3.89. The summed E-state index contributed by atoms with van der Waals surface area (Å²) in [6.45, 7) is 4.84. The summed E-state index contributed by atoms with van der Waals surface area (Å²) in [7, 11) is 2.92. The van der Waals surface area contributed by atoms with Crippen LogP contribution in [0.4, 0.5) is 4.79 Å². The Balaban J connectivity index is 2.10. The van der Waals surface area contributed by atoms with E-state index in [0.717, 1.165) is 24.8 Å². The monoisotopic (exact) mass is 446 g/mol. The van der Waals surface area contributed by atoms with Crippen molar-refractivity contribution in [3.05, 3.63) is 35.0 Å². The number of ether oxygens (including phenoxy) is 3. The molecule has 0 spiro atoms. The predicted molar refractivity (Wildman–Crippen MR) is 125 cm³/mol. The van der Waals surface area contributed by atoms with E-state index in [1.807, 2.05) is 25.1 Å². The van der Waals surface area contributed by atoms with Crippen molar-refractivity contribution >= 4 is 12.0 Å². The molecule has 1 aromatic carbocycles. The zero-order valence-corrected chi connectivity index (χ0v) is 19.9. The maximum atomic E-state index is 12.5. The Morgan fingerprint density at radius 1 is 0.969 bits per heavy atom. The molecule has 0 saturated heterocycles. The fourth-order valence-corrected chi connectivity index (χ4v) is 3.89. The lowest BCUT2D eigenvalue weighted by Gasteiger charge is -2.29. The maximum absolute atomic E-state index is 12.5. The van der Waals surface area contributed by atoms with Gasteiger partial charge in [0.25, 0.3) is 0 Å². The number of unbranched alkanes of at least 4 members (excludes halogenated alkanes) is 6. The highest BCUT2D eigenvalue weighted by Gasteiger charge is 2.33. The van der Waals surface area contributed by atoms with E-state index in [9.17, 15) is 9.59 Å². The molecule has 1 atom stereocenters. The lowest BCUT2D eigenvalue weighted by Crippen LogP contribution is -2.45. The summed E-state index contributed by atoms with van der Waals surface area (Å²) in [5.74, 6) is 0.753. The number of hydrogen-bond acceptors (Lipinski definition) is 5. The third kappa shape index (κ3) is 7.18. The van der Waals surface area contributed by atoms with Crippen LogP contribution in [-0.2, 0) is 9.53 Å². The van der Waals surface area contributed by atoms with E-state index in [-0.39, 0.29) is 6.03 Å². The number of rotatable bonds is 14. The van der Waals surface area contributed by atoms with Crippen LogP contribution in [0.15, 0.2) is 29.5 Å². The van der Waals surface area contributed by atoms with E-state index in [4.69, 9.17) is 14.2 Å². The van der Waals surface area contributed by atoms with Gasteiger partial charge in [0.05, 0.1) is 32.4 Å². The Bertz CT molecular complexity index is 791. The van der Waals surface area contributed by atoms with Crippen molar-refractivity contribution < 1.29 is 23.8 Å². The Kier molecular flexibility index (Phi) is 10.9. The summed E-state index contributed by atoms with van der Waals surface area (Å²) in [6, 6.07) is 4.53. The van der Waals surface area contributed by atoms with Gasteiger partial charge >= 0.3 is 12.0 Å². The highest BCUT2D eigenvalue weighted by Crippen LogP contribution is 2.35. The van der Waals surface area contributed by atoms with Gasteiger partial charge in [-0.15, -0.1) is 0 Å². The smallest absolute Gasteiger partial charge is 0.337 e. The van der Waals surface area contributed by atoms with E-state index < -0.39 is 12.0 Å². The van der Waals surface area contributed by atoms with Gasteiger partial charge in [-0.3, -0.25) is 0 Å². The van der Waals surface area contributed by atoms with E-state index in [0.29, 0.717) is 35.8 Å². The van der Waals surface area contributed by atoms with Crippen LogP contribution in [0, 0.1) is 0 Å². The molecule has 1 unspecified atom stereocenters. The molecule has 7 nitrogen and oxygen atoms in total. The fraction of sp³-hybridized carbons (Fsp3) is 0.600. The second-order valence-electron chi connectivity index (χ2n) is 8.05. The number of urea groups is 1. The van der Waals surface area contributed by atoms with Crippen molar-refractivity contribution in [3.63, 3.8) is 0 Å². The summed E-state index contributed by atoms with van der Waals surface area (Å²) < 4.78 is 16.5. The molecule has 0 saturated carbocycles. The van der Waals surface area contributed by atoms with Gasteiger partial charge < -0.3 is 24.8 Å². The molecule has 0 bridgehead atoms. The molecule has 7 heteroatoms. The number of hydrogen-bond donors (Lipinski definition) is 2. The van der Waals surface area contributed by atoms with Gasteiger partial charge in [-0.05, 0) is 30.5 Å². The zero-order valence-electron chi connectivity index (χ0n) is 19.9. The molecule has 1 aromatic rings. The summed E-state index contributed by atoms with van der Waals surface area (Å²) in [5, 5.41) is 5.58. The van der Waals surface area contributed by atoms with Gasteiger partial charge in [0.1, 0.15) is 0 Å². The van der Waals surface area contributed by atoms with Gasteiger partial charge in [0.15, 0.2) is 11.5 Å². The maximum Gasteiger partial charge on any atom is 0.337 e. The first-order valence-corrected chi connectivity index (χ1v) is 11.7. The lowest BCUT2D eigenvalue weighted by molar-refractivity contribution is -0.136. The van der Waals surface area contributed by atoms with Crippen LogP contribution in [0.3, 0.4) is 0 Å². The number of nitrogens with one attached hydrogen (secondary N) is 2. The predicted octanol–water partition coefficient (Wildman–Crippen LogP) is 5.41. The van der Waals surface area contributed by atoms with Crippen LogP contribution >= 0.6 is 0 Å². The average Bonchev–Trinajstić information content (AvgIpc) is 2.80. The first-order valence-electron chi connectivity index (χ1n) is 11.7. The van der Waals surface area contributed by atoms with Crippen LogP contribution in [-0.4, -0.2) is 32.8 Å². The second kappa shape index (κ2) is 13.7. The molecule has 1 aliphatic heterocycles. The van der Waals surface area contributed by atoms with Gasteiger partial charge in [-0.25, -0.2) is 9.59 Å². The molecule has 0 aromatic heterocycles. The van der Waals surface area contributed by atoms with E-state index in [1.165, 1.54) is 39.2 Å². The van der Waals surface area contributed by atoms with E-state index in [2.05, 4.69) is 17.6 Å². The molecule has 0 radical (unpaired) electrons. The third-order valence-corrected chi connectivity index (χ3v) is 5.59. The number of amides is 2. The molecule has 2 N–H and O–H groups in total. The van der Waals surface area contributed by atoms with Crippen molar-refractivity contribution in [1.82, 2.24) is 10.6 Å². The Morgan fingerprint density at radius 2 is 1.69 bits per heavy atom. The summed E-state index contributed by atoms with van der Waals surface area (Å²) in [4.78, 5) is 24.8. The Labute approximate surface area is 191 Å². The lowest BCUT2D eigenvalue weighted by atomic mass is 9.93. The standard InChI is InChI=1S/C25H38N2O5/c1-5-7-8-9-10-11-12-16-32-20-15-14-18(17-21(20)30-3)23-22(24(28)31-4)19(13-6-2)26-25(29)27-23/h14-15,17,23H,5-13,16H2,1-4H3,(H2,26,27,29). The molecule has 178 valence electrons.